The molecular formula is C11H16N4O3S. The number of nitro benzene ring substituents is 1. The maximum atomic E-state index is 11.3. The van der Waals surface area contributed by atoms with E-state index in [0.717, 1.165) is 18.7 Å². The molecule has 19 heavy (non-hydrogen) atoms. The van der Waals surface area contributed by atoms with E-state index in [2.05, 4.69) is 10.3 Å². The third-order valence-corrected chi connectivity index (χ3v) is 4.40. The Balaban J connectivity index is 2.15. The smallest absolute Gasteiger partial charge is 0.269 e. The van der Waals surface area contributed by atoms with Gasteiger partial charge in [0.2, 0.25) is 0 Å². The maximum Gasteiger partial charge on any atom is 0.269 e. The van der Waals surface area contributed by atoms with Crippen molar-refractivity contribution in [2.45, 2.75) is 6.54 Å². The number of nitrogens with zero attached hydrogens (tertiary/aromatic N) is 2. The van der Waals surface area contributed by atoms with Gasteiger partial charge in [0.05, 0.1) is 10.6 Å². The Morgan fingerprint density at radius 1 is 1.42 bits per heavy atom. The van der Waals surface area contributed by atoms with Gasteiger partial charge in [-0.25, -0.2) is 0 Å². The number of nitrogens with two attached hydrogens (primary N) is 1. The predicted octanol–water partition coefficient (Wildman–Crippen LogP) is 0.445. The molecule has 0 amide bonds. The molecule has 0 unspecified atom stereocenters. The maximum absolute atomic E-state index is 11.3. The molecule has 0 aromatic heterocycles. The third kappa shape index (κ3) is 3.49. The minimum atomic E-state index is -0.728. The molecule has 1 aliphatic heterocycles. The van der Waals surface area contributed by atoms with E-state index < -0.39 is 15.7 Å². The molecule has 0 bridgehead atoms. The number of anilines is 1. The lowest BCUT2D eigenvalue weighted by Crippen LogP contribution is -2.37. The molecule has 0 aliphatic carbocycles. The summed E-state index contributed by atoms with van der Waals surface area (Å²) in [6.07, 6.45) is 0. The first-order valence-electron chi connectivity index (χ1n) is 5.91. The molecule has 1 aromatic rings. The number of benzene rings is 1. The predicted molar refractivity (Wildman–Crippen MR) is 74.1 cm³/mol. The molecule has 0 saturated carbocycles. The van der Waals surface area contributed by atoms with Crippen LogP contribution in [0.25, 0.3) is 0 Å². The van der Waals surface area contributed by atoms with Crippen LogP contribution in [0.2, 0.25) is 0 Å². The van der Waals surface area contributed by atoms with Crippen molar-refractivity contribution in [3.8, 4) is 0 Å². The van der Waals surface area contributed by atoms with Crippen molar-refractivity contribution in [1.82, 2.24) is 4.90 Å². The normalized spacial score (nSPS) is 17.3. The highest BCUT2D eigenvalue weighted by Crippen LogP contribution is 2.23. The Labute approximate surface area is 113 Å². The topological polar surface area (TPSA) is 102 Å². The second kappa shape index (κ2) is 6.09. The summed E-state index contributed by atoms with van der Waals surface area (Å²) >= 11 is 0. The lowest BCUT2D eigenvalue weighted by Gasteiger charge is -2.26. The van der Waals surface area contributed by atoms with Crippen LogP contribution in [0, 0.1) is 10.1 Å². The number of hydrogen-bond donors (Lipinski definition) is 2. The second-order valence-corrected chi connectivity index (χ2v) is 6.06. The Morgan fingerprint density at radius 3 is 2.68 bits per heavy atom. The summed E-state index contributed by atoms with van der Waals surface area (Å²) in [5, 5.41) is 10.8. The number of non-ortho nitro benzene ring substituents is 1. The Kier molecular flexibility index (Phi) is 4.46. The molecule has 7 nitrogen and oxygen atoms in total. The first-order valence-corrected chi connectivity index (χ1v) is 7.40. The number of hydrogen-bond acceptors (Lipinski definition) is 6. The zero-order chi connectivity index (χ0) is 13.8. The van der Waals surface area contributed by atoms with E-state index in [0.29, 0.717) is 23.7 Å². The molecule has 8 heteroatoms. The number of rotatable bonds is 4. The van der Waals surface area contributed by atoms with Crippen LogP contribution in [0.15, 0.2) is 18.2 Å². The molecule has 2 rings (SSSR count). The molecular weight excluding hydrogens is 268 g/mol. The van der Waals surface area contributed by atoms with Crippen LogP contribution >= 0.6 is 0 Å². The van der Waals surface area contributed by atoms with E-state index in [1.54, 1.807) is 6.07 Å². The Bertz CT molecular complexity index is 499. The van der Waals surface area contributed by atoms with Crippen molar-refractivity contribution in [1.29, 1.82) is 0 Å². The Hall–Kier alpha value is -1.51. The van der Waals surface area contributed by atoms with Crippen molar-refractivity contribution >= 4 is 22.2 Å². The Morgan fingerprint density at radius 2 is 2.11 bits per heavy atom. The van der Waals surface area contributed by atoms with Crippen molar-refractivity contribution in [2.75, 3.05) is 30.0 Å². The molecule has 1 heterocycles. The number of nitrogens with one attached hydrogen (secondary N) is 1. The van der Waals surface area contributed by atoms with Crippen molar-refractivity contribution in [3.05, 3.63) is 33.9 Å². The van der Waals surface area contributed by atoms with Crippen LogP contribution in [0.1, 0.15) is 5.56 Å². The third-order valence-electron chi connectivity index (χ3n) is 3.12. The van der Waals surface area contributed by atoms with E-state index in [4.69, 9.17) is 5.84 Å². The molecule has 104 valence electrons. The summed E-state index contributed by atoms with van der Waals surface area (Å²) in [4.78, 5) is 12.5. The van der Waals surface area contributed by atoms with Gasteiger partial charge in [-0.2, -0.15) is 0 Å². The fraction of sp³-hybridized carbons (Fsp3) is 0.455. The van der Waals surface area contributed by atoms with Crippen LogP contribution in [0.4, 0.5) is 11.4 Å². The lowest BCUT2D eigenvalue weighted by molar-refractivity contribution is -0.384. The number of nitro groups is 1. The van der Waals surface area contributed by atoms with Crippen molar-refractivity contribution in [3.63, 3.8) is 0 Å². The number of nitrogen functional groups attached to an aromatic ring is 1. The average molecular weight is 284 g/mol. The van der Waals surface area contributed by atoms with Crippen LogP contribution in [0.3, 0.4) is 0 Å². The summed E-state index contributed by atoms with van der Waals surface area (Å²) in [6.45, 7) is 2.04. The molecule has 3 N–H and O–H groups in total. The van der Waals surface area contributed by atoms with Crippen LogP contribution in [0.5, 0.6) is 0 Å². The van der Waals surface area contributed by atoms with E-state index in [9.17, 15) is 14.3 Å². The van der Waals surface area contributed by atoms with Gasteiger partial charge < -0.3 is 5.43 Å². The van der Waals surface area contributed by atoms with E-state index in [-0.39, 0.29) is 5.69 Å². The fourth-order valence-electron chi connectivity index (χ4n) is 2.04. The summed E-state index contributed by atoms with van der Waals surface area (Å²) in [6, 6.07) is 4.56. The minimum Gasteiger partial charge on any atom is -0.324 e. The molecule has 1 fully saturated rings. The first kappa shape index (κ1) is 13.9. The van der Waals surface area contributed by atoms with Gasteiger partial charge in [0.1, 0.15) is 0 Å². The highest BCUT2D eigenvalue weighted by molar-refractivity contribution is 7.85. The van der Waals surface area contributed by atoms with E-state index in [1.807, 2.05) is 0 Å². The highest BCUT2D eigenvalue weighted by Gasteiger charge is 2.18. The zero-order valence-corrected chi connectivity index (χ0v) is 11.2. The quantitative estimate of drug-likeness (QED) is 0.473. The monoisotopic (exact) mass is 284 g/mol. The van der Waals surface area contributed by atoms with Crippen LogP contribution in [-0.2, 0) is 17.3 Å². The number of hydrazine groups is 1. The first-order chi connectivity index (χ1) is 9.10. The van der Waals surface area contributed by atoms with Crippen molar-refractivity contribution < 1.29 is 9.13 Å². The molecule has 1 saturated heterocycles. The molecule has 1 aliphatic rings. The van der Waals surface area contributed by atoms with Gasteiger partial charge in [0, 0.05) is 54.1 Å². The SMILES string of the molecule is NNc1ccc([N+](=O)[O-])cc1CN1CCS(=O)CC1. The standard InChI is InChI=1S/C11H16N4O3S/c12-13-11-2-1-10(15(16)17)7-9(11)8-14-3-5-19(18)6-4-14/h1-2,7,13H,3-6,8,12H2. The summed E-state index contributed by atoms with van der Waals surface area (Å²) in [5.41, 5.74) is 4.06. The van der Waals surface area contributed by atoms with Gasteiger partial charge in [0.15, 0.2) is 0 Å². The molecule has 1 aromatic carbocycles. The van der Waals surface area contributed by atoms with E-state index in [1.165, 1.54) is 12.1 Å². The van der Waals surface area contributed by atoms with Crippen LogP contribution < -0.4 is 11.3 Å². The molecule has 0 radical (unpaired) electrons. The average Bonchev–Trinajstić information content (AvgIpc) is 2.41. The summed E-state index contributed by atoms with van der Waals surface area (Å²) in [7, 11) is -0.728. The summed E-state index contributed by atoms with van der Waals surface area (Å²) in [5.74, 6) is 6.72. The summed E-state index contributed by atoms with van der Waals surface area (Å²) < 4.78 is 11.3. The fourth-order valence-corrected chi connectivity index (χ4v) is 3.17. The highest BCUT2D eigenvalue weighted by atomic mass is 32.2. The van der Waals surface area contributed by atoms with Gasteiger partial charge in [0.25, 0.3) is 5.69 Å². The second-order valence-electron chi connectivity index (χ2n) is 4.37. The largest absolute Gasteiger partial charge is 0.324 e. The van der Waals surface area contributed by atoms with Gasteiger partial charge in [-0.05, 0) is 11.6 Å². The van der Waals surface area contributed by atoms with Gasteiger partial charge in [-0.3, -0.25) is 25.1 Å². The lowest BCUT2D eigenvalue weighted by atomic mass is 10.1. The van der Waals surface area contributed by atoms with Gasteiger partial charge in [-0.15, -0.1) is 0 Å². The molecule has 0 atom stereocenters. The zero-order valence-electron chi connectivity index (χ0n) is 10.4. The van der Waals surface area contributed by atoms with Gasteiger partial charge in [-0.1, -0.05) is 0 Å². The minimum absolute atomic E-state index is 0.0505. The van der Waals surface area contributed by atoms with Crippen LogP contribution in [-0.4, -0.2) is 38.6 Å². The van der Waals surface area contributed by atoms with E-state index >= 15 is 0 Å². The molecule has 0 spiro atoms. The van der Waals surface area contributed by atoms with Crippen molar-refractivity contribution in [2.24, 2.45) is 5.84 Å². The van der Waals surface area contributed by atoms with Gasteiger partial charge >= 0.3 is 0 Å².